The van der Waals surface area contributed by atoms with Crippen molar-refractivity contribution in [3.63, 3.8) is 0 Å². The predicted molar refractivity (Wildman–Crippen MR) is 90.3 cm³/mol. The van der Waals surface area contributed by atoms with Gasteiger partial charge in [-0.05, 0) is 23.3 Å². The maximum absolute atomic E-state index is 10.9. The first-order chi connectivity index (χ1) is 11.6. The van der Waals surface area contributed by atoms with Gasteiger partial charge in [-0.25, -0.2) is 14.6 Å². The lowest BCUT2D eigenvalue weighted by molar-refractivity contribution is -0.118. The van der Waals surface area contributed by atoms with Crippen molar-refractivity contribution in [2.75, 3.05) is 18.0 Å². The van der Waals surface area contributed by atoms with E-state index in [1.807, 2.05) is 17.6 Å². The number of aromatic nitrogens is 5. The zero-order chi connectivity index (χ0) is 17.1. The van der Waals surface area contributed by atoms with Crippen molar-refractivity contribution in [1.82, 2.24) is 30.2 Å². The number of nitrogens with zero attached hydrogens (tertiary/aromatic N) is 5. The molecule has 3 rings (SSSR count). The van der Waals surface area contributed by atoms with Crippen LogP contribution in [0, 0.1) is 0 Å². The largest absolute Gasteiger partial charge is 0.379 e. The number of hydrogen-bond donors (Lipinski definition) is 2. The number of aryl methyl sites for hydroxylation is 1. The predicted octanol–water partition coefficient (Wildman–Crippen LogP) is 1.31. The second-order valence-corrected chi connectivity index (χ2v) is 6.14. The Morgan fingerprint density at radius 3 is 2.96 bits per heavy atom. The van der Waals surface area contributed by atoms with Gasteiger partial charge in [0.25, 0.3) is 0 Å². The topological polar surface area (TPSA) is 125 Å². The lowest BCUT2D eigenvalue weighted by Gasteiger charge is -2.05. The normalized spacial score (nSPS) is 11.1. The van der Waals surface area contributed by atoms with Crippen LogP contribution in [0.5, 0.6) is 0 Å². The first kappa shape index (κ1) is 16.2. The van der Waals surface area contributed by atoms with E-state index in [0.29, 0.717) is 24.6 Å². The van der Waals surface area contributed by atoms with Gasteiger partial charge in [0.1, 0.15) is 5.52 Å². The van der Waals surface area contributed by atoms with Crippen LogP contribution in [0.1, 0.15) is 13.8 Å². The molecule has 0 aliphatic carbocycles. The molecule has 126 valence electrons. The van der Waals surface area contributed by atoms with Crippen molar-refractivity contribution >= 4 is 34.5 Å². The number of carbonyl (C=O) groups is 1. The van der Waals surface area contributed by atoms with Gasteiger partial charge in [-0.3, -0.25) is 4.79 Å². The second-order valence-electron chi connectivity index (χ2n) is 5.02. The van der Waals surface area contributed by atoms with E-state index in [2.05, 4.69) is 30.2 Å². The van der Waals surface area contributed by atoms with Crippen molar-refractivity contribution in [3.8, 4) is 11.5 Å². The number of fused-ring (bicyclic) bond motifs is 1. The number of amides is 1. The van der Waals surface area contributed by atoms with E-state index in [0.717, 1.165) is 21.8 Å². The molecular weight excluding hydrogens is 330 g/mol. The van der Waals surface area contributed by atoms with Gasteiger partial charge in [0, 0.05) is 25.8 Å². The molecule has 3 heterocycles. The van der Waals surface area contributed by atoms with Crippen LogP contribution in [0.25, 0.3) is 22.6 Å². The number of nitrogen functional groups attached to an aromatic ring is 1. The van der Waals surface area contributed by atoms with Crippen molar-refractivity contribution in [2.24, 2.45) is 0 Å². The van der Waals surface area contributed by atoms with Crippen molar-refractivity contribution in [3.05, 3.63) is 12.3 Å². The summed E-state index contributed by atoms with van der Waals surface area (Å²) in [4.78, 5) is 19.8. The molecule has 0 unspecified atom stereocenters. The number of nitrogens with two attached hydrogens (primary N) is 1. The minimum absolute atomic E-state index is 0.0356. The van der Waals surface area contributed by atoms with E-state index in [9.17, 15) is 4.79 Å². The number of thioether (sulfide) groups is 1. The minimum Gasteiger partial charge on any atom is -0.379 e. The van der Waals surface area contributed by atoms with Crippen molar-refractivity contribution in [1.29, 1.82) is 0 Å². The molecule has 0 saturated heterocycles. The zero-order valence-electron chi connectivity index (χ0n) is 13.3. The third-order valence-electron chi connectivity index (χ3n) is 3.38. The first-order valence-corrected chi connectivity index (χ1v) is 8.40. The summed E-state index contributed by atoms with van der Waals surface area (Å²) < 4.78 is 6.66. The Kier molecular flexibility index (Phi) is 4.65. The fourth-order valence-corrected chi connectivity index (χ4v) is 3.06. The molecule has 24 heavy (non-hydrogen) atoms. The molecule has 3 aromatic heterocycles. The Morgan fingerprint density at radius 1 is 1.46 bits per heavy atom. The Bertz CT molecular complexity index is 873. The Hall–Kier alpha value is -2.62. The summed E-state index contributed by atoms with van der Waals surface area (Å²) in [6.07, 6.45) is 1.72. The number of carbonyl (C=O) groups excluding carboxylic acids is 1. The maximum atomic E-state index is 10.9. The molecule has 3 N–H and O–H groups in total. The second kappa shape index (κ2) is 6.87. The average molecular weight is 347 g/mol. The number of hydrogen-bond acceptors (Lipinski definition) is 8. The fourth-order valence-electron chi connectivity index (χ4n) is 2.32. The summed E-state index contributed by atoms with van der Waals surface area (Å²) in [6.45, 7) is 4.80. The van der Waals surface area contributed by atoms with Gasteiger partial charge in [-0.1, -0.05) is 0 Å². The van der Waals surface area contributed by atoms with Crippen LogP contribution < -0.4 is 11.1 Å². The molecule has 0 spiro atoms. The van der Waals surface area contributed by atoms with E-state index in [1.54, 1.807) is 18.0 Å². The molecule has 0 aromatic carbocycles. The molecule has 0 aliphatic heterocycles. The summed E-state index contributed by atoms with van der Waals surface area (Å²) >= 11 is 1.57. The van der Waals surface area contributed by atoms with Crippen LogP contribution in [-0.4, -0.2) is 43.1 Å². The third-order valence-corrected chi connectivity index (χ3v) is 4.30. The minimum atomic E-state index is -0.0356. The summed E-state index contributed by atoms with van der Waals surface area (Å²) in [5.74, 6) is 1.52. The van der Waals surface area contributed by atoms with Crippen molar-refractivity contribution < 1.29 is 9.42 Å². The fraction of sp³-hybridized carbons (Fsp3) is 0.357. The monoisotopic (exact) mass is 347 g/mol. The molecule has 0 saturated carbocycles. The van der Waals surface area contributed by atoms with Gasteiger partial charge in [0.2, 0.25) is 5.91 Å². The van der Waals surface area contributed by atoms with E-state index >= 15 is 0 Å². The third kappa shape index (κ3) is 3.18. The molecule has 0 bridgehead atoms. The number of nitrogens with one attached hydrogen (secondary N) is 1. The standard InChI is InChI=1S/C14H17N7O2S/c1-3-21-10-6-11(24-5-4-16-8(2)22)17-7-9(10)18-14(21)12-13(15)20-23-19-12/h6-7H,3-5H2,1-2H3,(H2,15,20)(H,16,22). The lowest BCUT2D eigenvalue weighted by atomic mass is 10.4. The molecular formula is C14H17N7O2S. The molecule has 0 fully saturated rings. The molecule has 9 nitrogen and oxygen atoms in total. The highest BCUT2D eigenvalue weighted by molar-refractivity contribution is 7.99. The van der Waals surface area contributed by atoms with Crippen LogP contribution in [0.3, 0.4) is 0 Å². The first-order valence-electron chi connectivity index (χ1n) is 7.42. The van der Waals surface area contributed by atoms with Gasteiger partial charge in [0.15, 0.2) is 17.3 Å². The summed E-state index contributed by atoms with van der Waals surface area (Å²) in [7, 11) is 0. The van der Waals surface area contributed by atoms with Crippen LogP contribution >= 0.6 is 11.8 Å². The quantitative estimate of drug-likeness (QED) is 0.505. The number of rotatable bonds is 6. The van der Waals surface area contributed by atoms with E-state index < -0.39 is 0 Å². The maximum Gasteiger partial charge on any atom is 0.216 e. The zero-order valence-corrected chi connectivity index (χ0v) is 14.1. The lowest BCUT2D eigenvalue weighted by Crippen LogP contribution is -2.22. The molecule has 1 amide bonds. The van der Waals surface area contributed by atoms with Crippen LogP contribution in [0.2, 0.25) is 0 Å². The van der Waals surface area contributed by atoms with Gasteiger partial charge in [-0.15, -0.1) is 11.8 Å². The highest BCUT2D eigenvalue weighted by Gasteiger charge is 2.18. The summed E-state index contributed by atoms with van der Waals surface area (Å²) in [6, 6.07) is 1.97. The number of pyridine rings is 1. The number of imidazole rings is 1. The van der Waals surface area contributed by atoms with E-state index in [4.69, 9.17) is 5.73 Å². The smallest absolute Gasteiger partial charge is 0.216 e. The average Bonchev–Trinajstić information content (AvgIpc) is 3.13. The Morgan fingerprint density at radius 2 is 2.29 bits per heavy atom. The highest BCUT2D eigenvalue weighted by atomic mass is 32.2. The molecule has 0 atom stereocenters. The summed E-state index contributed by atoms with van der Waals surface area (Å²) in [5, 5.41) is 11.1. The highest BCUT2D eigenvalue weighted by Crippen LogP contribution is 2.28. The van der Waals surface area contributed by atoms with Crippen LogP contribution in [0.4, 0.5) is 5.82 Å². The van der Waals surface area contributed by atoms with Crippen LogP contribution in [0.15, 0.2) is 21.9 Å². The SMILES string of the molecule is CCn1c(-c2nonc2N)nc2cnc(SCCNC(C)=O)cc21. The number of anilines is 1. The Labute approximate surface area is 142 Å². The molecule has 3 aromatic rings. The van der Waals surface area contributed by atoms with Gasteiger partial charge >= 0.3 is 0 Å². The van der Waals surface area contributed by atoms with Gasteiger partial charge < -0.3 is 15.6 Å². The molecule has 0 radical (unpaired) electrons. The molecule has 10 heteroatoms. The van der Waals surface area contributed by atoms with E-state index in [1.165, 1.54) is 6.92 Å². The molecule has 0 aliphatic rings. The van der Waals surface area contributed by atoms with Crippen LogP contribution in [-0.2, 0) is 11.3 Å². The van der Waals surface area contributed by atoms with E-state index in [-0.39, 0.29) is 11.7 Å². The van der Waals surface area contributed by atoms with Gasteiger partial charge in [-0.2, -0.15) is 0 Å². The van der Waals surface area contributed by atoms with Crippen molar-refractivity contribution in [2.45, 2.75) is 25.4 Å². The van der Waals surface area contributed by atoms with Gasteiger partial charge in [0.05, 0.1) is 16.7 Å². The Balaban J connectivity index is 1.89. The summed E-state index contributed by atoms with van der Waals surface area (Å²) in [5.41, 5.74) is 7.89.